The number of ether oxygens (including phenoxy) is 2. The van der Waals surface area contributed by atoms with Gasteiger partial charge in [-0.05, 0) is 50.1 Å². The van der Waals surface area contributed by atoms with E-state index in [1.54, 1.807) is 50.4 Å². The first kappa shape index (κ1) is 20.3. The third-order valence-electron chi connectivity index (χ3n) is 4.62. The molecule has 3 heterocycles. The lowest BCUT2D eigenvalue weighted by molar-refractivity contribution is 0.0276. The fourth-order valence-corrected chi connectivity index (χ4v) is 4.20. The summed E-state index contributed by atoms with van der Waals surface area (Å²) < 4.78 is 11.1. The third-order valence-corrected chi connectivity index (χ3v) is 5.78. The summed E-state index contributed by atoms with van der Waals surface area (Å²) in [5.41, 5.74) is 1.73. The summed E-state index contributed by atoms with van der Waals surface area (Å²) in [6.07, 6.45) is 3.55. The zero-order valence-corrected chi connectivity index (χ0v) is 18.1. The largest absolute Gasteiger partial charge is 0.493 e. The molecular weight excluding hydrogens is 402 g/mol. The lowest BCUT2D eigenvalue weighted by Gasteiger charge is -2.21. The van der Waals surface area contributed by atoms with Crippen molar-refractivity contribution in [1.29, 1.82) is 0 Å². The Kier molecular flexibility index (Phi) is 5.21. The zero-order valence-electron chi connectivity index (χ0n) is 17.3. The Labute approximate surface area is 178 Å². The van der Waals surface area contributed by atoms with E-state index in [1.807, 2.05) is 19.1 Å². The van der Waals surface area contributed by atoms with E-state index in [4.69, 9.17) is 9.47 Å². The molecule has 4 rings (SSSR count). The topological polar surface area (TPSA) is 84.8 Å². The number of nitrogens with zero attached hydrogens (tertiary/aromatic N) is 3. The van der Waals surface area contributed by atoms with Gasteiger partial charge >= 0.3 is 0 Å². The molecule has 0 fully saturated rings. The van der Waals surface area contributed by atoms with Crippen molar-refractivity contribution in [2.45, 2.75) is 32.9 Å². The maximum Gasteiger partial charge on any atom is 0.269 e. The minimum atomic E-state index is -0.957. The van der Waals surface area contributed by atoms with Crippen molar-refractivity contribution in [3.8, 4) is 22.2 Å². The molecule has 1 N–H and O–H groups in total. The number of aliphatic hydroxyl groups is 1. The predicted molar refractivity (Wildman–Crippen MR) is 115 cm³/mol. The van der Waals surface area contributed by atoms with Gasteiger partial charge in [0.1, 0.15) is 6.61 Å². The molecular formula is C22H23N3O4S. The van der Waals surface area contributed by atoms with Gasteiger partial charge in [0.25, 0.3) is 5.91 Å². The lowest BCUT2D eigenvalue weighted by Crippen LogP contribution is -2.28. The number of methoxy groups -OCH3 is 1. The summed E-state index contributed by atoms with van der Waals surface area (Å²) in [6, 6.07) is 7.34. The molecule has 3 aromatic rings. The number of thiophene rings is 1. The molecule has 7 nitrogen and oxygen atoms in total. The first-order valence-corrected chi connectivity index (χ1v) is 10.3. The SMILES string of the molecule is COc1cc(N2Cc3cc(-c4ncc(C)cn4)sc3C2=O)ccc1OCC(C)(C)O. The minimum Gasteiger partial charge on any atom is -0.493 e. The number of carbonyl (C=O) groups excluding carboxylic acids is 1. The van der Waals surface area contributed by atoms with Crippen LogP contribution < -0.4 is 14.4 Å². The molecule has 0 unspecified atom stereocenters. The maximum atomic E-state index is 13.0. The Morgan fingerprint density at radius 3 is 2.57 bits per heavy atom. The van der Waals surface area contributed by atoms with E-state index < -0.39 is 5.60 Å². The second kappa shape index (κ2) is 7.70. The summed E-state index contributed by atoms with van der Waals surface area (Å²) in [7, 11) is 1.55. The molecule has 1 aliphatic heterocycles. The van der Waals surface area contributed by atoms with E-state index in [2.05, 4.69) is 9.97 Å². The van der Waals surface area contributed by atoms with Crippen LogP contribution in [0.3, 0.4) is 0 Å². The molecule has 0 bridgehead atoms. The summed E-state index contributed by atoms with van der Waals surface area (Å²) in [5.74, 6) is 1.60. The highest BCUT2D eigenvalue weighted by molar-refractivity contribution is 7.17. The minimum absolute atomic E-state index is 0.0550. The highest BCUT2D eigenvalue weighted by atomic mass is 32.1. The Balaban J connectivity index is 1.55. The second-order valence-electron chi connectivity index (χ2n) is 7.88. The quantitative estimate of drug-likeness (QED) is 0.646. The lowest BCUT2D eigenvalue weighted by atomic mass is 10.2. The summed E-state index contributed by atoms with van der Waals surface area (Å²) in [6.45, 7) is 5.89. The molecule has 30 heavy (non-hydrogen) atoms. The van der Waals surface area contributed by atoms with Crippen molar-refractivity contribution < 1.29 is 19.4 Å². The van der Waals surface area contributed by atoms with Crippen LogP contribution in [0.25, 0.3) is 10.7 Å². The highest BCUT2D eigenvalue weighted by Gasteiger charge is 2.32. The average molecular weight is 426 g/mol. The standard InChI is InChI=1S/C22H23N3O4S/c1-13-9-23-20(24-10-13)18-7-14-11-25(21(26)19(14)30-18)15-5-6-16(17(8-15)28-4)29-12-22(2,3)27/h5-10,27H,11-12H2,1-4H3. The van der Waals surface area contributed by atoms with Gasteiger partial charge in [-0.25, -0.2) is 9.97 Å². The molecule has 0 saturated heterocycles. The van der Waals surface area contributed by atoms with Crippen molar-refractivity contribution in [1.82, 2.24) is 9.97 Å². The molecule has 1 amide bonds. The Morgan fingerprint density at radius 2 is 1.93 bits per heavy atom. The molecule has 0 saturated carbocycles. The van der Waals surface area contributed by atoms with Gasteiger partial charge in [0.15, 0.2) is 17.3 Å². The fraction of sp³-hybridized carbons (Fsp3) is 0.318. The highest BCUT2D eigenvalue weighted by Crippen LogP contribution is 2.39. The van der Waals surface area contributed by atoms with Crippen molar-refractivity contribution in [2.75, 3.05) is 18.6 Å². The van der Waals surface area contributed by atoms with Crippen LogP contribution in [0.5, 0.6) is 11.5 Å². The number of anilines is 1. The number of amides is 1. The van der Waals surface area contributed by atoms with E-state index in [0.29, 0.717) is 28.7 Å². The van der Waals surface area contributed by atoms with E-state index in [1.165, 1.54) is 11.3 Å². The summed E-state index contributed by atoms with van der Waals surface area (Å²) >= 11 is 1.41. The van der Waals surface area contributed by atoms with E-state index >= 15 is 0 Å². The Morgan fingerprint density at radius 1 is 1.20 bits per heavy atom. The van der Waals surface area contributed by atoms with Crippen molar-refractivity contribution >= 4 is 22.9 Å². The molecule has 156 valence electrons. The van der Waals surface area contributed by atoms with Gasteiger partial charge in [0.05, 0.1) is 29.0 Å². The fourth-order valence-electron chi connectivity index (χ4n) is 3.13. The molecule has 0 radical (unpaired) electrons. The molecule has 0 aliphatic carbocycles. The summed E-state index contributed by atoms with van der Waals surface area (Å²) in [4.78, 5) is 25.0. The average Bonchev–Trinajstić information content (AvgIpc) is 3.26. The van der Waals surface area contributed by atoms with Crippen LogP contribution >= 0.6 is 11.3 Å². The molecule has 0 atom stereocenters. The molecule has 8 heteroatoms. The number of fused-ring (bicyclic) bond motifs is 1. The number of aromatic nitrogens is 2. The molecule has 1 aromatic carbocycles. The first-order valence-electron chi connectivity index (χ1n) is 9.52. The van der Waals surface area contributed by atoms with Gasteiger partial charge in [-0.15, -0.1) is 11.3 Å². The van der Waals surface area contributed by atoms with Crippen LogP contribution in [-0.2, 0) is 6.54 Å². The van der Waals surface area contributed by atoms with Crippen LogP contribution in [0.2, 0.25) is 0 Å². The smallest absolute Gasteiger partial charge is 0.269 e. The van der Waals surface area contributed by atoms with Gasteiger partial charge in [0, 0.05) is 24.1 Å². The van der Waals surface area contributed by atoms with E-state index in [9.17, 15) is 9.90 Å². The zero-order chi connectivity index (χ0) is 21.5. The Hall–Kier alpha value is -2.97. The van der Waals surface area contributed by atoms with Crippen molar-refractivity contribution in [3.05, 3.63) is 52.7 Å². The number of carbonyl (C=O) groups is 1. The normalized spacial score (nSPS) is 13.5. The predicted octanol–water partition coefficient (Wildman–Crippen LogP) is 3.83. The number of hydrogen-bond donors (Lipinski definition) is 1. The van der Waals surface area contributed by atoms with Crippen LogP contribution in [-0.4, -0.2) is 40.3 Å². The van der Waals surface area contributed by atoms with Crippen LogP contribution in [0, 0.1) is 6.92 Å². The molecule has 0 spiro atoms. The van der Waals surface area contributed by atoms with Crippen molar-refractivity contribution in [2.24, 2.45) is 0 Å². The monoisotopic (exact) mass is 425 g/mol. The number of rotatable bonds is 6. The number of hydrogen-bond acceptors (Lipinski definition) is 7. The maximum absolute atomic E-state index is 13.0. The Bertz CT molecular complexity index is 1090. The number of aryl methyl sites for hydroxylation is 1. The molecule has 1 aliphatic rings. The second-order valence-corrected chi connectivity index (χ2v) is 8.93. The first-order chi connectivity index (χ1) is 14.2. The van der Waals surface area contributed by atoms with Gasteiger partial charge < -0.3 is 19.5 Å². The van der Waals surface area contributed by atoms with Gasteiger partial charge in [0.2, 0.25) is 0 Å². The van der Waals surface area contributed by atoms with Gasteiger partial charge in [-0.2, -0.15) is 0 Å². The number of benzene rings is 1. The summed E-state index contributed by atoms with van der Waals surface area (Å²) in [5, 5.41) is 9.87. The van der Waals surface area contributed by atoms with Crippen LogP contribution in [0.15, 0.2) is 36.7 Å². The van der Waals surface area contributed by atoms with Crippen LogP contribution in [0.4, 0.5) is 5.69 Å². The van der Waals surface area contributed by atoms with Gasteiger partial charge in [-0.3, -0.25) is 4.79 Å². The van der Waals surface area contributed by atoms with E-state index in [0.717, 1.165) is 21.7 Å². The third kappa shape index (κ3) is 4.01. The van der Waals surface area contributed by atoms with Crippen molar-refractivity contribution in [3.63, 3.8) is 0 Å². The van der Waals surface area contributed by atoms with Crippen LogP contribution in [0.1, 0.15) is 34.6 Å². The van der Waals surface area contributed by atoms with Gasteiger partial charge in [-0.1, -0.05) is 0 Å². The molecule has 2 aromatic heterocycles. The van der Waals surface area contributed by atoms with E-state index in [-0.39, 0.29) is 12.5 Å².